The number of fused-ring (bicyclic) bond motifs is 1. The van der Waals surface area contributed by atoms with Crippen molar-refractivity contribution >= 4 is 28.8 Å². The van der Waals surface area contributed by atoms with Crippen molar-refractivity contribution in [3.8, 4) is 22.4 Å². The van der Waals surface area contributed by atoms with Crippen molar-refractivity contribution in [3.63, 3.8) is 0 Å². The van der Waals surface area contributed by atoms with Gasteiger partial charge in [-0.15, -0.1) is 0 Å². The van der Waals surface area contributed by atoms with Crippen LogP contribution < -0.4 is 10.6 Å². The molecular formula is C25H28N8O2. The van der Waals surface area contributed by atoms with E-state index in [1.165, 1.54) is 25.6 Å². The Kier molecular flexibility index (Phi) is 4.06. The second-order valence-electron chi connectivity index (χ2n) is 8.87. The van der Waals surface area contributed by atoms with Gasteiger partial charge in [-0.1, -0.05) is 12.1 Å². The maximum absolute atomic E-state index is 13.4. The topological polar surface area (TPSA) is 115 Å². The van der Waals surface area contributed by atoms with Gasteiger partial charge in [0, 0.05) is 59.2 Å². The molecule has 0 atom stereocenters. The van der Waals surface area contributed by atoms with Crippen LogP contribution in [0.4, 0.5) is 11.5 Å². The molecule has 0 spiro atoms. The quantitative estimate of drug-likeness (QED) is 0.483. The molecule has 10 heteroatoms. The van der Waals surface area contributed by atoms with Crippen LogP contribution in [-0.4, -0.2) is 59.7 Å². The maximum atomic E-state index is 13.4. The molecule has 0 saturated carbocycles. The van der Waals surface area contributed by atoms with Gasteiger partial charge < -0.3 is 15.5 Å². The van der Waals surface area contributed by atoms with Crippen molar-refractivity contribution in [1.82, 2.24) is 29.3 Å². The van der Waals surface area contributed by atoms with Crippen molar-refractivity contribution in [2.75, 3.05) is 23.7 Å². The molecule has 35 heavy (non-hydrogen) atoms. The minimum Gasteiger partial charge on any atom is -0.382 e. The molecule has 10 nitrogen and oxygen atoms in total. The molecule has 2 amide bonds. The van der Waals surface area contributed by atoms with E-state index in [1.54, 1.807) is 34.2 Å². The number of nitrogen functional groups attached to an aromatic ring is 1. The summed E-state index contributed by atoms with van der Waals surface area (Å²) in [6, 6.07) is 9.12. The van der Waals surface area contributed by atoms with Crippen molar-refractivity contribution in [2.45, 2.75) is 39.7 Å². The molecule has 0 radical (unpaired) electrons. The van der Waals surface area contributed by atoms with Crippen molar-refractivity contribution in [3.05, 3.63) is 49.1 Å². The highest BCUT2D eigenvalue weighted by Gasteiger charge is 2.43. The molecule has 1 aromatic carbocycles. The predicted molar refractivity (Wildman–Crippen MR) is 134 cm³/mol. The highest BCUT2D eigenvalue weighted by atomic mass is 16.2. The number of hydrogen-bond acceptors (Lipinski definition) is 6. The summed E-state index contributed by atoms with van der Waals surface area (Å²) in [5.74, 6) is -0.197. The van der Waals surface area contributed by atoms with E-state index >= 15 is 0 Å². The Morgan fingerprint density at radius 2 is 2.06 bits per heavy atom. The lowest BCUT2D eigenvalue weighted by atomic mass is 9.96. The van der Waals surface area contributed by atoms with Gasteiger partial charge in [0.2, 0.25) is 5.91 Å². The number of carbonyl (C=O) groups is 2. The monoisotopic (exact) mass is 477 g/mol. The first-order chi connectivity index (χ1) is 18.6. The highest BCUT2D eigenvalue weighted by Crippen LogP contribution is 2.36. The van der Waals surface area contributed by atoms with Gasteiger partial charge in [0.1, 0.15) is 17.4 Å². The number of benzene rings is 1. The summed E-state index contributed by atoms with van der Waals surface area (Å²) in [6.07, 6.45) is 3.98. The number of aromatic nitrogens is 5. The van der Waals surface area contributed by atoms with Gasteiger partial charge in [-0.05, 0) is 38.9 Å². The maximum Gasteiger partial charge on any atom is 0.252 e. The number of hydrogen-bond donors (Lipinski definition) is 1. The van der Waals surface area contributed by atoms with E-state index in [1.807, 2.05) is 24.3 Å². The van der Waals surface area contributed by atoms with Crippen molar-refractivity contribution in [2.24, 2.45) is 0 Å². The van der Waals surface area contributed by atoms with Gasteiger partial charge in [-0.3, -0.25) is 14.3 Å². The minimum absolute atomic E-state index is 0.161. The van der Waals surface area contributed by atoms with Gasteiger partial charge in [0.25, 0.3) is 5.91 Å². The van der Waals surface area contributed by atoms with Crippen molar-refractivity contribution < 1.29 is 16.4 Å². The van der Waals surface area contributed by atoms with Crippen LogP contribution in [0.5, 0.6) is 0 Å². The number of carbonyl (C=O) groups excluding carboxylic acids is 2. The zero-order valence-electron chi connectivity index (χ0n) is 24.6. The second kappa shape index (κ2) is 8.23. The number of nitrogens with two attached hydrogens (primary N) is 1. The standard InChI is InChI=1S/C25H28N8O2/c1-5-30-14-18(13-28-30)20-12-21(33-22(20)23(26)27-15-29-33)17-7-6-8-19(11-17)31-9-10-32(16(2)34)25(3,4)24(31)35/h6-8,11-15H,5,9-10H2,1-4H3,(H2,26,27,29)/i1D3,5D2. The zero-order chi connectivity index (χ0) is 29.2. The molecule has 1 aliphatic heterocycles. The van der Waals surface area contributed by atoms with Crippen LogP contribution in [-0.2, 0) is 16.1 Å². The van der Waals surface area contributed by atoms with Crippen LogP contribution in [0.3, 0.4) is 0 Å². The second-order valence-corrected chi connectivity index (χ2v) is 8.87. The summed E-state index contributed by atoms with van der Waals surface area (Å²) in [6.45, 7) is -0.0159. The van der Waals surface area contributed by atoms with Gasteiger partial charge in [-0.2, -0.15) is 10.2 Å². The summed E-state index contributed by atoms with van der Waals surface area (Å²) in [4.78, 5) is 32.8. The smallest absolute Gasteiger partial charge is 0.252 e. The van der Waals surface area contributed by atoms with E-state index in [4.69, 9.17) is 12.6 Å². The van der Waals surface area contributed by atoms with E-state index in [9.17, 15) is 9.59 Å². The lowest BCUT2D eigenvalue weighted by Crippen LogP contribution is -2.64. The lowest BCUT2D eigenvalue weighted by Gasteiger charge is -2.45. The molecule has 4 aromatic rings. The molecular weight excluding hydrogens is 444 g/mol. The molecule has 0 unspecified atom stereocenters. The Balaban J connectivity index is 1.59. The first kappa shape index (κ1) is 17.3. The van der Waals surface area contributed by atoms with Gasteiger partial charge in [0.05, 0.1) is 14.6 Å². The Morgan fingerprint density at radius 3 is 2.83 bits per heavy atom. The molecule has 1 aliphatic rings. The van der Waals surface area contributed by atoms with Crippen LogP contribution in [0.2, 0.25) is 0 Å². The summed E-state index contributed by atoms with van der Waals surface area (Å²) >= 11 is 0. The van der Waals surface area contributed by atoms with E-state index in [2.05, 4.69) is 15.2 Å². The molecule has 5 rings (SSSR count). The number of amides is 2. The normalized spacial score (nSPS) is 18.6. The first-order valence-electron chi connectivity index (χ1n) is 13.5. The Labute approximate surface area is 210 Å². The summed E-state index contributed by atoms with van der Waals surface area (Å²) in [5, 5.41) is 8.36. The first-order valence-corrected chi connectivity index (χ1v) is 11.0. The average Bonchev–Trinajstić information content (AvgIpc) is 3.51. The Morgan fingerprint density at radius 1 is 1.23 bits per heavy atom. The molecule has 0 bridgehead atoms. The van der Waals surface area contributed by atoms with E-state index in [0.717, 1.165) is 4.68 Å². The summed E-state index contributed by atoms with van der Waals surface area (Å²) < 4.78 is 41.1. The number of aryl methyl sites for hydroxylation is 1. The zero-order valence-corrected chi connectivity index (χ0v) is 19.6. The highest BCUT2D eigenvalue weighted by molar-refractivity contribution is 6.03. The van der Waals surface area contributed by atoms with Gasteiger partial charge in [-0.25, -0.2) is 9.50 Å². The Bertz CT molecular complexity index is 1640. The number of rotatable bonds is 4. The molecule has 180 valence electrons. The summed E-state index contributed by atoms with van der Waals surface area (Å²) in [7, 11) is 0. The lowest BCUT2D eigenvalue weighted by molar-refractivity contribution is -0.145. The molecule has 1 saturated heterocycles. The van der Waals surface area contributed by atoms with Crippen LogP contribution in [0.25, 0.3) is 27.9 Å². The third-order valence-electron chi connectivity index (χ3n) is 6.42. The van der Waals surface area contributed by atoms with Gasteiger partial charge in [0.15, 0.2) is 5.82 Å². The molecule has 4 heterocycles. The number of piperazine rings is 1. The van der Waals surface area contributed by atoms with E-state index in [-0.39, 0.29) is 17.6 Å². The van der Waals surface area contributed by atoms with Crippen LogP contribution in [0.1, 0.15) is 34.5 Å². The molecule has 2 N–H and O–H groups in total. The largest absolute Gasteiger partial charge is 0.382 e. The third-order valence-corrected chi connectivity index (χ3v) is 6.42. The van der Waals surface area contributed by atoms with Gasteiger partial charge >= 0.3 is 0 Å². The molecule has 1 fully saturated rings. The van der Waals surface area contributed by atoms with E-state index in [0.29, 0.717) is 46.7 Å². The fourth-order valence-corrected chi connectivity index (χ4v) is 4.67. The third kappa shape index (κ3) is 3.61. The Hall–Kier alpha value is -4.21. The van der Waals surface area contributed by atoms with Crippen LogP contribution in [0.15, 0.2) is 49.1 Å². The molecule has 0 aliphatic carbocycles. The number of nitrogens with zero attached hydrogens (tertiary/aromatic N) is 7. The summed E-state index contributed by atoms with van der Waals surface area (Å²) in [5.41, 5.74) is 8.58. The predicted octanol–water partition coefficient (Wildman–Crippen LogP) is 2.84. The average molecular weight is 478 g/mol. The van der Waals surface area contributed by atoms with E-state index < -0.39 is 18.9 Å². The SMILES string of the molecule is [2H]C([2H])([2H])C([2H])([2H])n1cc(-c2cc(-c3cccc(N4CCN(C(C)=O)C(C)(C)C4=O)c3)n3ncnc(N)c23)cn1. The van der Waals surface area contributed by atoms with Crippen molar-refractivity contribution in [1.29, 1.82) is 0 Å². The minimum atomic E-state index is -2.94. The van der Waals surface area contributed by atoms with Crippen LogP contribution >= 0.6 is 0 Å². The molecule has 3 aromatic heterocycles. The fraction of sp³-hybridized carbons (Fsp3) is 0.320. The van der Waals surface area contributed by atoms with Crippen LogP contribution in [0, 0.1) is 0 Å². The number of anilines is 2. The fourth-order valence-electron chi connectivity index (χ4n) is 4.67.